The van der Waals surface area contributed by atoms with Crippen molar-refractivity contribution >= 4 is 29.1 Å². The monoisotopic (exact) mass is 508 g/mol. The molecule has 1 N–H and O–H groups in total. The van der Waals surface area contributed by atoms with Gasteiger partial charge in [0.25, 0.3) is 0 Å². The summed E-state index contributed by atoms with van der Waals surface area (Å²) in [5, 5.41) is 4.81. The average Bonchev–Trinajstić information content (AvgIpc) is 3.40. The maximum atomic E-state index is 14.5. The number of piperazine rings is 1. The Hall–Kier alpha value is -3.76. The Morgan fingerprint density at radius 3 is 2.70 bits per heavy atom. The Bertz CT molecular complexity index is 1280. The summed E-state index contributed by atoms with van der Waals surface area (Å²) in [6.07, 6.45) is 3.73. The third kappa shape index (κ3) is 5.07. The van der Waals surface area contributed by atoms with Crippen LogP contribution < -0.4 is 20.0 Å². The smallest absolute Gasteiger partial charge is 0.164 e. The Morgan fingerprint density at radius 2 is 1.95 bits per heavy atom. The minimum atomic E-state index is -0.889. The van der Waals surface area contributed by atoms with Crippen LogP contribution in [0.4, 0.5) is 31.8 Å². The minimum absolute atomic E-state index is 0.224. The zero-order valence-electron chi connectivity index (χ0n) is 21.0. The number of hydrogen-bond donors (Lipinski definition) is 1. The van der Waals surface area contributed by atoms with E-state index in [4.69, 9.17) is 9.57 Å². The van der Waals surface area contributed by atoms with E-state index in [1.54, 1.807) is 19.2 Å². The first-order chi connectivity index (χ1) is 18.0. The van der Waals surface area contributed by atoms with Crippen LogP contribution in [-0.4, -0.2) is 61.8 Å². The van der Waals surface area contributed by atoms with Gasteiger partial charge in [0.05, 0.1) is 25.4 Å². The molecule has 194 valence electrons. The molecule has 2 aliphatic heterocycles. The maximum Gasteiger partial charge on any atom is 0.164 e. The van der Waals surface area contributed by atoms with Crippen LogP contribution in [0.3, 0.4) is 0 Å². The van der Waals surface area contributed by atoms with Crippen LogP contribution in [0.1, 0.15) is 23.6 Å². The van der Waals surface area contributed by atoms with Crippen LogP contribution in [0.5, 0.6) is 5.75 Å². The number of nitrogens with one attached hydrogen (secondary N) is 1. The van der Waals surface area contributed by atoms with Crippen LogP contribution in [0.15, 0.2) is 49.3 Å². The summed E-state index contributed by atoms with van der Waals surface area (Å²) in [6, 6.07) is 9.35. The lowest BCUT2D eigenvalue weighted by Crippen LogP contribution is -2.44. The number of ether oxygens (including phenoxy) is 1. The molecule has 0 radical (unpaired) electrons. The third-order valence-electron chi connectivity index (χ3n) is 6.80. The molecule has 1 unspecified atom stereocenters. The van der Waals surface area contributed by atoms with E-state index in [2.05, 4.69) is 38.7 Å². The lowest BCUT2D eigenvalue weighted by atomic mass is 10.0. The SMILES string of the molecule is C=Cc1cc(Nc2cc(N3OCCC3c3cccc(F)c3F)ncn2)c(OC)cc1N1CCN(C)CC1. The Morgan fingerprint density at radius 1 is 1.14 bits per heavy atom. The van der Waals surface area contributed by atoms with E-state index in [0.717, 1.165) is 49.2 Å². The molecular weight excluding hydrogens is 478 g/mol. The fraction of sp³-hybridized carbons (Fsp3) is 0.333. The van der Waals surface area contributed by atoms with Crippen molar-refractivity contribution in [2.45, 2.75) is 12.5 Å². The van der Waals surface area contributed by atoms with E-state index < -0.39 is 17.7 Å². The first kappa shape index (κ1) is 24.9. The number of benzene rings is 2. The summed E-state index contributed by atoms with van der Waals surface area (Å²) in [7, 11) is 3.75. The zero-order valence-corrected chi connectivity index (χ0v) is 21.0. The van der Waals surface area contributed by atoms with Crippen LogP contribution in [0.25, 0.3) is 6.08 Å². The molecule has 37 heavy (non-hydrogen) atoms. The highest BCUT2D eigenvalue weighted by Crippen LogP contribution is 2.38. The largest absolute Gasteiger partial charge is 0.494 e. The fourth-order valence-electron chi connectivity index (χ4n) is 4.77. The molecule has 1 aromatic heterocycles. The Labute approximate surface area is 215 Å². The van der Waals surface area contributed by atoms with Crippen molar-refractivity contribution in [1.29, 1.82) is 0 Å². The van der Waals surface area contributed by atoms with E-state index >= 15 is 0 Å². The molecule has 0 bridgehead atoms. The van der Waals surface area contributed by atoms with Crippen molar-refractivity contribution in [3.63, 3.8) is 0 Å². The van der Waals surface area contributed by atoms with Gasteiger partial charge in [-0.1, -0.05) is 24.8 Å². The number of anilines is 4. The van der Waals surface area contributed by atoms with Crippen LogP contribution in [0.2, 0.25) is 0 Å². The van der Waals surface area contributed by atoms with Crippen molar-refractivity contribution in [2.24, 2.45) is 0 Å². The van der Waals surface area contributed by atoms with Gasteiger partial charge in [-0.25, -0.2) is 23.8 Å². The Balaban J connectivity index is 1.41. The van der Waals surface area contributed by atoms with E-state index in [0.29, 0.717) is 30.4 Å². The zero-order chi connectivity index (χ0) is 25.9. The molecule has 0 aliphatic carbocycles. The summed E-state index contributed by atoms with van der Waals surface area (Å²) in [5.41, 5.74) is 2.99. The van der Waals surface area contributed by atoms with Gasteiger partial charge in [0.1, 0.15) is 17.9 Å². The van der Waals surface area contributed by atoms with Crippen LogP contribution in [-0.2, 0) is 4.84 Å². The number of nitrogens with zero attached hydrogens (tertiary/aromatic N) is 5. The maximum absolute atomic E-state index is 14.5. The molecule has 0 amide bonds. The lowest BCUT2D eigenvalue weighted by Gasteiger charge is -2.35. The molecule has 2 aliphatic rings. The number of rotatable bonds is 7. The van der Waals surface area contributed by atoms with Gasteiger partial charge in [0, 0.05) is 56.0 Å². The standard InChI is InChI=1S/C27H30F2N6O2/c1-4-18-14-21(24(36-3)15-23(18)34-11-9-33(2)10-12-34)32-25-16-26(31-17-30-25)35-22(8-13-37-35)19-6-5-7-20(28)27(19)29/h4-7,14-17,22H,1,8-13H2,2-3H3,(H,30,31,32). The Kier molecular flexibility index (Phi) is 7.20. The predicted molar refractivity (Wildman–Crippen MR) is 140 cm³/mol. The second-order valence-corrected chi connectivity index (χ2v) is 9.10. The summed E-state index contributed by atoms with van der Waals surface area (Å²) in [5.74, 6) is -0.172. The average molecular weight is 509 g/mol. The minimum Gasteiger partial charge on any atom is -0.494 e. The summed E-state index contributed by atoms with van der Waals surface area (Å²) >= 11 is 0. The quantitative estimate of drug-likeness (QED) is 0.489. The number of methoxy groups -OCH3 is 1. The van der Waals surface area contributed by atoms with Crippen molar-refractivity contribution < 1.29 is 18.4 Å². The molecule has 8 nitrogen and oxygen atoms in total. The highest BCUT2D eigenvalue weighted by Gasteiger charge is 2.32. The van der Waals surface area contributed by atoms with Crippen molar-refractivity contribution in [1.82, 2.24) is 14.9 Å². The van der Waals surface area contributed by atoms with Gasteiger partial charge in [-0.15, -0.1) is 0 Å². The van der Waals surface area contributed by atoms with E-state index in [1.807, 2.05) is 18.2 Å². The number of likely N-dealkylation sites (N-methyl/N-ethyl adjacent to an activating group) is 1. The number of aromatic nitrogens is 2. The highest BCUT2D eigenvalue weighted by molar-refractivity contribution is 5.78. The normalized spacial score (nSPS) is 18.2. The topological polar surface area (TPSA) is 66.0 Å². The molecular formula is C27H30F2N6O2. The van der Waals surface area contributed by atoms with Crippen molar-refractivity contribution in [3.8, 4) is 5.75 Å². The molecule has 10 heteroatoms. The van der Waals surface area contributed by atoms with E-state index in [9.17, 15) is 8.78 Å². The molecule has 3 aromatic rings. The van der Waals surface area contributed by atoms with Crippen molar-refractivity contribution in [3.05, 3.63) is 72.1 Å². The summed E-state index contributed by atoms with van der Waals surface area (Å²) in [6.45, 7) is 8.19. The summed E-state index contributed by atoms with van der Waals surface area (Å²) < 4.78 is 34.1. The van der Waals surface area contributed by atoms with Gasteiger partial charge in [0.15, 0.2) is 17.5 Å². The molecule has 1 atom stereocenters. The van der Waals surface area contributed by atoms with Gasteiger partial charge in [0.2, 0.25) is 0 Å². The second-order valence-electron chi connectivity index (χ2n) is 9.10. The first-order valence-electron chi connectivity index (χ1n) is 12.2. The third-order valence-corrected chi connectivity index (χ3v) is 6.80. The highest BCUT2D eigenvalue weighted by atomic mass is 19.2. The molecule has 5 rings (SSSR count). The first-order valence-corrected chi connectivity index (χ1v) is 12.2. The molecule has 0 spiro atoms. The number of hydroxylamine groups is 1. The van der Waals surface area contributed by atoms with E-state index in [-0.39, 0.29) is 5.56 Å². The van der Waals surface area contributed by atoms with Crippen LogP contribution in [0, 0.1) is 11.6 Å². The van der Waals surface area contributed by atoms with Crippen molar-refractivity contribution in [2.75, 3.05) is 62.2 Å². The molecule has 2 saturated heterocycles. The molecule has 3 heterocycles. The fourth-order valence-corrected chi connectivity index (χ4v) is 4.77. The van der Waals surface area contributed by atoms with Gasteiger partial charge in [-0.05, 0) is 24.7 Å². The van der Waals surface area contributed by atoms with Gasteiger partial charge < -0.3 is 19.9 Å². The van der Waals surface area contributed by atoms with Gasteiger partial charge in [-0.3, -0.25) is 4.84 Å². The molecule has 2 aromatic carbocycles. The van der Waals surface area contributed by atoms with Crippen LogP contribution >= 0.6 is 0 Å². The lowest BCUT2D eigenvalue weighted by molar-refractivity contribution is 0.156. The number of hydrogen-bond acceptors (Lipinski definition) is 8. The molecule has 2 fully saturated rings. The predicted octanol–water partition coefficient (Wildman–Crippen LogP) is 4.78. The second kappa shape index (κ2) is 10.7. The van der Waals surface area contributed by atoms with Gasteiger partial charge in [-0.2, -0.15) is 0 Å². The van der Waals surface area contributed by atoms with Gasteiger partial charge >= 0.3 is 0 Å². The number of halogens is 2. The van der Waals surface area contributed by atoms with E-state index in [1.165, 1.54) is 17.5 Å². The molecule has 0 saturated carbocycles. The summed E-state index contributed by atoms with van der Waals surface area (Å²) in [4.78, 5) is 19.1.